The summed E-state index contributed by atoms with van der Waals surface area (Å²) in [6.45, 7) is 2.00. The molecule has 1 amide bonds. The van der Waals surface area contributed by atoms with Gasteiger partial charge in [0.1, 0.15) is 6.04 Å². The molecule has 0 bridgehead atoms. The van der Waals surface area contributed by atoms with Gasteiger partial charge in [-0.25, -0.2) is 0 Å². The van der Waals surface area contributed by atoms with Gasteiger partial charge in [-0.3, -0.25) is 9.59 Å². The van der Waals surface area contributed by atoms with E-state index in [-0.39, 0.29) is 11.0 Å². The van der Waals surface area contributed by atoms with Crippen LogP contribution >= 0.6 is 21.1 Å². The van der Waals surface area contributed by atoms with Crippen LogP contribution in [-0.4, -0.2) is 23.6 Å². The molecule has 0 aliphatic rings. The lowest BCUT2D eigenvalue weighted by Gasteiger charge is -2.12. The lowest BCUT2D eigenvalue weighted by Crippen LogP contribution is -2.37. The highest BCUT2D eigenvalue weighted by atomic mass is 32.7. The lowest BCUT2D eigenvalue weighted by molar-refractivity contribution is -0.123. The van der Waals surface area contributed by atoms with Crippen molar-refractivity contribution in [1.29, 1.82) is 0 Å². The molecule has 0 radical (unpaired) electrons. The minimum absolute atomic E-state index is 0.124. The molecule has 0 rings (SSSR count). The van der Waals surface area contributed by atoms with Gasteiger partial charge in [-0.05, 0) is 35.9 Å². The minimum atomic E-state index is -0.429. The molecule has 1 atom stereocenters. The molecule has 0 aromatic rings. The van der Waals surface area contributed by atoms with Crippen molar-refractivity contribution < 1.29 is 9.59 Å². The Morgan fingerprint density at radius 3 is 2.57 bits per heavy atom. The second-order valence-corrected chi connectivity index (χ2v) is 4.08. The maximum atomic E-state index is 11.3. The number of carbonyl (C=O) groups is 2. The van der Waals surface area contributed by atoms with Crippen LogP contribution in [0.1, 0.15) is 26.2 Å². The van der Waals surface area contributed by atoms with Gasteiger partial charge in [-0.1, -0.05) is 0 Å². The maximum absolute atomic E-state index is 11.3. The van der Waals surface area contributed by atoms with Crippen molar-refractivity contribution in [2.24, 2.45) is 5.73 Å². The van der Waals surface area contributed by atoms with Crippen LogP contribution in [0.15, 0.2) is 0 Å². The molecule has 0 fully saturated rings. The summed E-state index contributed by atoms with van der Waals surface area (Å²) in [5, 5.41) is 2.47. The molecule has 0 aromatic carbocycles. The van der Waals surface area contributed by atoms with E-state index in [9.17, 15) is 9.59 Å². The Hall–Kier alpha value is -0.460. The second-order valence-electron chi connectivity index (χ2n) is 2.95. The third-order valence-corrected chi connectivity index (χ3v) is 2.70. The summed E-state index contributed by atoms with van der Waals surface area (Å²) in [7, 11) is 4.66. The first-order chi connectivity index (χ1) is 6.61. The van der Waals surface area contributed by atoms with Crippen LogP contribution in [0.25, 0.3) is 0 Å². The molecule has 4 nitrogen and oxygen atoms in total. The van der Waals surface area contributed by atoms with Gasteiger partial charge in [0.25, 0.3) is 0 Å². The first-order valence-corrected chi connectivity index (χ1v) is 6.31. The average Bonchev–Trinajstić information content (AvgIpc) is 2.15. The number of hydrogen-bond acceptors (Lipinski definition) is 3. The number of nitrogens with two attached hydrogens (primary N) is 1. The predicted octanol–water partition coefficient (Wildman–Crippen LogP) is 0.725. The molecule has 0 saturated heterocycles. The van der Waals surface area contributed by atoms with Crippen LogP contribution in [0, 0.1) is 0 Å². The van der Waals surface area contributed by atoms with Crippen LogP contribution in [-0.2, 0) is 9.59 Å². The molecule has 0 aromatic heterocycles. The highest BCUT2D eigenvalue weighted by Crippen LogP contribution is 2.05. The maximum Gasteiger partial charge on any atom is 0.240 e. The summed E-state index contributed by atoms with van der Waals surface area (Å²) in [5.41, 5.74) is 5.33. The van der Waals surface area contributed by atoms with Gasteiger partial charge in [-0.2, -0.15) is 0 Å². The fourth-order valence-corrected chi connectivity index (χ4v) is 1.74. The fourth-order valence-electron chi connectivity index (χ4n) is 1.05. The number of amides is 1. The van der Waals surface area contributed by atoms with E-state index in [0.29, 0.717) is 13.0 Å². The third kappa shape index (κ3) is 6.06. The predicted molar refractivity (Wildman–Crippen MR) is 62.1 cm³/mol. The largest absolute Gasteiger partial charge is 0.345 e. The zero-order valence-corrected chi connectivity index (χ0v) is 9.87. The molecular weight excluding hydrogens is 220 g/mol. The number of nitrogens with one attached hydrogen (secondary N) is 1. The van der Waals surface area contributed by atoms with Gasteiger partial charge < -0.3 is 11.1 Å². The van der Waals surface area contributed by atoms with Crippen LogP contribution in [0.2, 0.25) is 0 Å². The molecule has 0 aliphatic heterocycles. The SMILES string of the molecule is CC(=O)NC(CCCCN)C(=O)S#[SH]. The number of rotatable bonds is 6. The summed E-state index contributed by atoms with van der Waals surface area (Å²) in [6.07, 6.45) is 2.32. The smallest absolute Gasteiger partial charge is 0.240 e. The van der Waals surface area contributed by atoms with E-state index < -0.39 is 6.04 Å². The summed E-state index contributed by atoms with van der Waals surface area (Å²) < 4.78 is 0. The summed E-state index contributed by atoms with van der Waals surface area (Å²) >= 11 is 0. The van der Waals surface area contributed by atoms with Crippen molar-refractivity contribution >= 4 is 32.1 Å². The molecular formula is C8H16N2O2S2. The molecule has 14 heavy (non-hydrogen) atoms. The summed E-state index contributed by atoms with van der Waals surface area (Å²) in [6, 6.07) is -0.429. The van der Waals surface area contributed by atoms with Crippen molar-refractivity contribution in [2.45, 2.75) is 32.2 Å². The Bertz CT molecular complexity index is 250. The van der Waals surface area contributed by atoms with Gasteiger partial charge in [-0.15, -0.1) is 11.0 Å². The van der Waals surface area contributed by atoms with Gasteiger partial charge in [0, 0.05) is 6.92 Å². The summed E-state index contributed by atoms with van der Waals surface area (Å²) in [5.74, 6) is -0.196. The van der Waals surface area contributed by atoms with Gasteiger partial charge in [0.15, 0.2) is 0 Å². The molecule has 1 unspecified atom stereocenters. The van der Waals surface area contributed by atoms with Crippen LogP contribution < -0.4 is 11.1 Å². The Balaban J connectivity index is 4.05. The molecule has 0 spiro atoms. The van der Waals surface area contributed by atoms with E-state index in [0.717, 1.165) is 22.9 Å². The minimum Gasteiger partial charge on any atom is -0.345 e. The molecule has 3 N–H and O–H groups in total. The van der Waals surface area contributed by atoms with Gasteiger partial charge >= 0.3 is 0 Å². The van der Waals surface area contributed by atoms with Gasteiger partial charge in [0.05, 0.1) is 0 Å². The third-order valence-electron chi connectivity index (χ3n) is 1.70. The van der Waals surface area contributed by atoms with Gasteiger partial charge in [0.2, 0.25) is 11.0 Å². The van der Waals surface area contributed by atoms with Crippen LogP contribution in [0.5, 0.6) is 0 Å². The second kappa shape index (κ2) is 7.90. The number of thiol groups is 1. The Kier molecular flexibility index (Phi) is 7.64. The zero-order valence-electron chi connectivity index (χ0n) is 8.16. The van der Waals surface area contributed by atoms with Crippen molar-refractivity contribution in [3.63, 3.8) is 0 Å². The van der Waals surface area contributed by atoms with Crippen molar-refractivity contribution in [3.8, 4) is 0 Å². The number of carbonyl (C=O) groups excluding carboxylic acids is 2. The first kappa shape index (κ1) is 13.5. The van der Waals surface area contributed by atoms with E-state index in [1.54, 1.807) is 0 Å². The highest BCUT2D eigenvalue weighted by molar-refractivity contribution is 8.35. The monoisotopic (exact) mass is 236 g/mol. The molecule has 82 valence electrons. The highest BCUT2D eigenvalue weighted by Gasteiger charge is 2.16. The normalized spacial score (nSPS) is 11.9. The van der Waals surface area contributed by atoms with Crippen molar-refractivity contribution in [2.75, 3.05) is 6.54 Å². The Labute approximate surface area is 91.8 Å². The van der Waals surface area contributed by atoms with E-state index in [1.165, 1.54) is 6.92 Å². The standard InChI is InChI=1S/C8H16N2O2S2/c1-6(11)10-7(8(12)14-13)4-2-3-5-9/h7,13H,2-5,9H2,1H3,(H,10,11). The lowest BCUT2D eigenvalue weighted by atomic mass is 10.1. The Morgan fingerprint density at radius 2 is 2.14 bits per heavy atom. The molecule has 0 aliphatic carbocycles. The topological polar surface area (TPSA) is 72.2 Å². The van der Waals surface area contributed by atoms with E-state index >= 15 is 0 Å². The van der Waals surface area contributed by atoms with E-state index in [2.05, 4.69) is 16.3 Å². The number of unbranched alkanes of at least 4 members (excludes halogenated alkanes) is 1. The molecule has 0 saturated carbocycles. The van der Waals surface area contributed by atoms with E-state index in [4.69, 9.17) is 5.73 Å². The average molecular weight is 236 g/mol. The molecule has 0 heterocycles. The van der Waals surface area contributed by atoms with Crippen molar-refractivity contribution in [3.05, 3.63) is 0 Å². The first-order valence-electron chi connectivity index (χ1n) is 4.44. The number of hydrogen-bond donors (Lipinski definition) is 3. The summed E-state index contributed by atoms with van der Waals surface area (Å²) in [4.78, 5) is 22.1. The zero-order chi connectivity index (χ0) is 11.0. The molecule has 6 heteroatoms. The Morgan fingerprint density at radius 1 is 1.50 bits per heavy atom. The van der Waals surface area contributed by atoms with E-state index in [1.807, 2.05) is 0 Å². The quantitative estimate of drug-likeness (QED) is 0.470. The fraction of sp³-hybridized carbons (Fsp3) is 0.750. The van der Waals surface area contributed by atoms with Crippen LogP contribution in [0.4, 0.5) is 0 Å². The van der Waals surface area contributed by atoms with Crippen LogP contribution in [0.3, 0.4) is 0 Å². The van der Waals surface area contributed by atoms with Crippen molar-refractivity contribution in [1.82, 2.24) is 5.32 Å².